The van der Waals surface area contributed by atoms with Crippen LogP contribution in [-0.2, 0) is 7.05 Å². The molecule has 8 heteroatoms. The molecule has 26 heavy (non-hydrogen) atoms. The van der Waals surface area contributed by atoms with Gasteiger partial charge in [-0.05, 0) is 42.0 Å². The molecule has 0 saturated heterocycles. The molecule has 2 aromatic carbocycles. The number of halogens is 1. The number of nitrogens with one attached hydrogen (secondary N) is 1. The van der Waals surface area contributed by atoms with Crippen LogP contribution in [0.15, 0.2) is 48.8 Å². The fourth-order valence-corrected chi connectivity index (χ4v) is 2.95. The average Bonchev–Trinajstić information content (AvgIpc) is 3.02. The van der Waals surface area contributed by atoms with Gasteiger partial charge in [0.1, 0.15) is 5.82 Å². The molecule has 0 unspecified atom stereocenters. The van der Waals surface area contributed by atoms with Gasteiger partial charge in [0.2, 0.25) is 5.95 Å². The number of fused-ring (bicyclic) bond motifs is 1. The molecule has 0 amide bonds. The Kier molecular flexibility index (Phi) is 3.74. The van der Waals surface area contributed by atoms with E-state index in [1.165, 1.54) is 12.1 Å². The lowest BCUT2D eigenvalue weighted by Crippen LogP contribution is -2.13. The van der Waals surface area contributed by atoms with Crippen LogP contribution in [0.4, 0.5) is 16.2 Å². The Morgan fingerprint density at radius 2 is 1.77 bits per heavy atom. The smallest absolute Gasteiger partial charge is 0.222 e. The number of nitrogens with two attached hydrogens (primary N) is 2. The molecule has 2 aromatic heterocycles. The van der Waals surface area contributed by atoms with Gasteiger partial charge in [-0.25, -0.2) is 20.2 Å². The van der Waals surface area contributed by atoms with Crippen LogP contribution in [0.25, 0.3) is 33.4 Å². The number of imidazole rings is 1. The van der Waals surface area contributed by atoms with Gasteiger partial charge < -0.3 is 15.7 Å². The molecule has 0 radical (unpaired) electrons. The van der Waals surface area contributed by atoms with Crippen LogP contribution in [-0.4, -0.2) is 19.5 Å². The van der Waals surface area contributed by atoms with Gasteiger partial charge in [0, 0.05) is 12.6 Å². The van der Waals surface area contributed by atoms with E-state index in [1.807, 2.05) is 29.8 Å². The molecule has 0 saturated carbocycles. The van der Waals surface area contributed by atoms with Crippen LogP contribution >= 0.6 is 0 Å². The fraction of sp³-hybridized carbons (Fsp3) is 0.0556. The Balaban J connectivity index is 2.01. The monoisotopic (exact) mass is 349 g/mol. The van der Waals surface area contributed by atoms with E-state index >= 15 is 0 Å². The van der Waals surface area contributed by atoms with Gasteiger partial charge in [-0.15, -0.1) is 0 Å². The van der Waals surface area contributed by atoms with E-state index in [2.05, 4.69) is 20.4 Å². The number of benzene rings is 2. The predicted molar refractivity (Wildman–Crippen MR) is 99.4 cm³/mol. The standard InChI is InChI=1S/C18H16FN7/c1-26-9-22-13-7-4-11(8-14(13)26)15-16(10-2-5-12(19)6-3-10)23-18(20)24-17(15)25-21/h2-9H,21H2,1H3,(H3,20,23,24,25). The maximum absolute atomic E-state index is 13.3. The van der Waals surface area contributed by atoms with Crippen molar-refractivity contribution < 1.29 is 4.39 Å². The minimum atomic E-state index is -0.328. The van der Waals surface area contributed by atoms with Crippen LogP contribution < -0.4 is 17.0 Å². The highest BCUT2D eigenvalue weighted by Gasteiger charge is 2.18. The predicted octanol–water partition coefficient (Wildman–Crippen LogP) is 2.70. The first-order valence-electron chi connectivity index (χ1n) is 7.88. The Bertz CT molecular complexity index is 1100. The van der Waals surface area contributed by atoms with Crippen molar-refractivity contribution in [2.45, 2.75) is 0 Å². The van der Waals surface area contributed by atoms with Crippen molar-refractivity contribution >= 4 is 22.8 Å². The third kappa shape index (κ3) is 2.62. The summed E-state index contributed by atoms with van der Waals surface area (Å²) < 4.78 is 15.3. The largest absolute Gasteiger partial charge is 0.368 e. The highest BCUT2D eigenvalue weighted by Crippen LogP contribution is 2.37. The molecule has 0 aliphatic rings. The van der Waals surface area contributed by atoms with Gasteiger partial charge in [0.25, 0.3) is 0 Å². The van der Waals surface area contributed by atoms with E-state index in [0.717, 1.165) is 16.6 Å². The molecule has 0 aliphatic carbocycles. The molecular formula is C18H16FN7. The zero-order chi connectivity index (χ0) is 18.3. The number of nitrogen functional groups attached to an aromatic ring is 2. The summed E-state index contributed by atoms with van der Waals surface area (Å²) in [4.78, 5) is 12.9. The van der Waals surface area contributed by atoms with Gasteiger partial charge in [0.05, 0.1) is 28.6 Å². The van der Waals surface area contributed by atoms with Crippen LogP contribution in [0.1, 0.15) is 0 Å². The summed E-state index contributed by atoms with van der Waals surface area (Å²) in [6.07, 6.45) is 1.75. The second-order valence-corrected chi connectivity index (χ2v) is 5.86. The molecule has 0 atom stereocenters. The Morgan fingerprint density at radius 1 is 1.04 bits per heavy atom. The summed E-state index contributed by atoms with van der Waals surface area (Å²) in [5.74, 6) is 5.81. The number of hydrogen-bond acceptors (Lipinski definition) is 6. The summed E-state index contributed by atoms with van der Waals surface area (Å²) in [5.41, 5.74) is 13.0. The molecule has 0 aliphatic heterocycles. The first kappa shape index (κ1) is 16.0. The summed E-state index contributed by atoms with van der Waals surface area (Å²) >= 11 is 0. The van der Waals surface area contributed by atoms with Gasteiger partial charge in [-0.2, -0.15) is 4.98 Å². The fourth-order valence-electron chi connectivity index (χ4n) is 2.95. The summed E-state index contributed by atoms with van der Waals surface area (Å²) in [6, 6.07) is 11.8. The highest BCUT2D eigenvalue weighted by atomic mass is 19.1. The average molecular weight is 349 g/mol. The van der Waals surface area contributed by atoms with Crippen molar-refractivity contribution in [2.75, 3.05) is 11.2 Å². The van der Waals surface area contributed by atoms with E-state index in [1.54, 1.807) is 18.5 Å². The van der Waals surface area contributed by atoms with Crippen molar-refractivity contribution in [2.24, 2.45) is 12.9 Å². The molecule has 0 spiro atoms. The molecule has 0 bridgehead atoms. The third-order valence-corrected chi connectivity index (χ3v) is 4.19. The van der Waals surface area contributed by atoms with Crippen LogP contribution in [0.5, 0.6) is 0 Å². The summed E-state index contributed by atoms with van der Waals surface area (Å²) in [5, 5.41) is 0. The SMILES string of the molecule is Cn1cnc2ccc(-c3c(NN)nc(N)nc3-c3ccc(F)cc3)cc21. The van der Waals surface area contributed by atoms with Crippen LogP contribution in [0.2, 0.25) is 0 Å². The van der Waals surface area contributed by atoms with Crippen molar-refractivity contribution in [1.29, 1.82) is 0 Å². The van der Waals surface area contributed by atoms with E-state index in [9.17, 15) is 4.39 Å². The molecule has 0 fully saturated rings. The lowest BCUT2D eigenvalue weighted by molar-refractivity contribution is 0.628. The molecule has 2 heterocycles. The number of hydrazine groups is 1. The van der Waals surface area contributed by atoms with Crippen molar-refractivity contribution in [3.63, 3.8) is 0 Å². The van der Waals surface area contributed by atoms with Crippen molar-refractivity contribution in [1.82, 2.24) is 19.5 Å². The Labute approximate surface area is 148 Å². The first-order valence-corrected chi connectivity index (χ1v) is 7.88. The summed E-state index contributed by atoms with van der Waals surface area (Å²) in [7, 11) is 1.92. The van der Waals surface area contributed by atoms with Gasteiger partial charge >= 0.3 is 0 Å². The van der Waals surface area contributed by atoms with Crippen LogP contribution in [0, 0.1) is 5.82 Å². The zero-order valence-corrected chi connectivity index (χ0v) is 13.9. The molecule has 4 aromatic rings. The van der Waals surface area contributed by atoms with Gasteiger partial charge in [0.15, 0.2) is 5.82 Å². The minimum Gasteiger partial charge on any atom is -0.368 e. The number of rotatable bonds is 3. The number of aromatic nitrogens is 4. The second-order valence-electron chi connectivity index (χ2n) is 5.86. The highest BCUT2D eigenvalue weighted by molar-refractivity contribution is 5.92. The topological polar surface area (TPSA) is 108 Å². The number of anilines is 2. The Morgan fingerprint density at radius 3 is 2.50 bits per heavy atom. The maximum atomic E-state index is 13.3. The zero-order valence-electron chi connectivity index (χ0n) is 13.9. The maximum Gasteiger partial charge on any atom is 0.222 e. The second kappa shape index (κ2) is 6.08. The van der Waals surface area contributed by atoms with E-state index in [-0.39, 0.29) is 11.8 Å². The van der Waals surface area contributed by atoms with E-state index in [0.29, 0.717) is 22.6 Å². The summed E-state index contributed by atoms with van der Waals surface area (Å²) in [6.45, 7) is 0. The van der Waals surface area contributed by atoms with Crippen molar-refractivity contribution in [3.8, 4) is 22.4 Å². The Hall–Kier alpha value is -3.52. The molecule has 5 N–H and O–H groups in total. The third-order valence-electron chi connectivity index (χ3n) is 4.19. The first-order chi connectivity index (χ1) is 12.6. The van der Waals surface area contributed by atoms with Gasteiger partial charge in [-0.1, -0.05) is 6.07 Å². The molecule has 7 nitrogen and oxygen atoms in total. The van der Waals surface area contributed by atoms with Crippen molar-refractivity contribution in [3.05, 3.63) is 54.6 Å². The number of nitrogens with zero attached hydrogens (tertiary/aromatic N) is 4. The molecule has 130 valence electrons. The quantitative estimate of drug-likeness (QED) is 0.388. The lowest BCUT2D eigenvalue weighted by atomic mass is 9.99. The van der Waals surface area contributed by atoms with E-state index < -0.39 is 0 Å². The van der Waals surface area contributed by atoms with Crippen LogP contribution in [0.3, 0.4) is 0 Å². The number of aryl methyl sites for hydroxylation is 1. The number of hydrogen-bond donors (Lipinski definition) is 3. The van der Waals surface area contributed by atoms with Gasteiger partial charge in [-0.3, -0.25) is 0 Å². The van der Waals surface area contributed by atoms with E-state index in [4.69, 9.17) is 11.6 Å². The minimum absolute atomic E-state index is 0.0719. The molecular weight excluding hydrogens is 333 g/mol. The normalized spacial score (nSPS) is 11.0. The lowest BCUT2D eigenvalue weighted by Gasteiger charge is -2.14. The molecule has 4 rings (SSSR count).